The highest BCUT2D eigenvalue weighted by Gasteiger charge is 2.27. The van der Waals surface area contributed by atoms with Gasteiger partial charge in [-0.3, -0.25) is 9.79 Å². The smallest absolute Gasteiger partial charge is 0.266 e. The van der Waals surface area contributed by atoms with Gasteiger partial charge in [0.2, 0.25) is 0 Å². The lowest BCUT2D eigenvalue weighted by molar-refractivity contribution is 0.0980. The molecule has 2 aromatic carbocycles. The Morgan fingerprint density at radius 1 is 1.00 bits per heavy atom. The van der Waals surface area contributed by atoms with E-state index in [9.17, 15) is 9.18 Å². The van der Waals surface area contributed by atoms with E-state index in [0.29, 0.717) is 16.4 Å². The van der Waals surface area contributed by atoms with Crippen molar-refractivity contribution >= 4 is 40.2 Å². The number of nitrogens with one attached hydrogen (secondary N) is 1. The van der Waals surface area contributed by atoms with Crippen molar-refractivity contribution in [2.24, 2.45) is 9.98 Å². The third-order valence-electron chi connectivity index (χ3n) is 4.30. The van der Waals surface area contributed by atoms with E-state index in [-0.39, 0.29) is 17.6 Å². The van der Waals surface area contributed by atoms with Crippen LogP contribution < -0.4 is 5.32 Å². The molecule has 1 N–H and O–H groups in total. The molecule has 0 radical (unpaired) electrons. The molecular weight excluding hydrogens is 361 g/mol. The van der Waals surface area contributed by atoms with Gasteiger partial charge in [0.15, 0.2) is 0 Å². The second-order valence-corrected chi connectivity index (χ2v) is 7.10. The van der Waals surface area contributed by atoms with E-state index >= 15 is 0 Å². The van der Waals surface area contributed by atoms with Crippen molar-refractivity contribution in [1.29, 1.82) is 0 Å². The van der Waals surface area contributed by atoms with E-state index < -0.39 is 0 Å². The average Bonchev–Trinajstić information content (AvgIpc) is 3.15. The van der Waals surface area contributed by atoms with E-state index in [1.54, 1.807) is 18.2 Å². The SMILES string of the molecule is CC1=Nc2ccccc2N=C(NC(=O)c2cccs2)C1c1ccc(F)cc1. The van der Waals surface area contributed by atoms with Crippen LogP contribution in [0.15, 0.2) is 76.0 Å². The van der Waals surface area contributed by atoms with Crippen molar-refractivity contribution in [3.8, 4) is 0 Å². The topological polar surface area (TPSA) is 53.8 Å². The minimum Gasteiger partial charge on any atom is -0.309 e. The first-order valence-electron chi connectivity index (χ1n) is 8.45. The molecule has 4 rings (SSSR count). The highest BCUT2D eigenvalue weighted by Crippen LogP contribution is 2.34. The van der Waals surface area contributed by atoms with E-state index in [1.165, 1.54) is 23.5 Å². The molecule has 3 aromatic rings. The van der Waals surface area contributed by atoms with E-state index in [0.717, 1.165) is 17.0 Å². The molecule has 0 fully saturated rings. The Morgan fingerprint density at radius 3 is 2.37 bits per heavy atom. The number of rotatable bonds is 2. The summed E-state index contributed by atoms with van der Waals surface area (Å²) in [5.74, 6) is -0.428. The normalized spacial score (nSPS) is 16.0. The fourth-order valence-corrected chi connectivity index (χ4v) is 3.66. The number of para-hydroxylation sites is 2. The molecule has 1 atom stereocenters. The lowest BCUT2D eigenvalue weighted by atomic mass is 9.93. The monoisotopic (exact) mass is 377 g/mol. The van der Waals surface area contributed by atoms with E-state index in [4.69, 9.17) is 9.98 Å². The van der Waals surface area contributed by atoms with Gasteiger partial charge in [0.25, 0.3) is 5.91 Å². The number of amidine groups is 1. The molecule has 1 amide bonds. The van der Waals surface area contributed by atoms with E-state index in [1.807, 2.05) is 42.6 Å². The number of benzene rings is 2. The Morgan fingerprint density at radius 2 is 1.70 bits per heavy atom. The van der Waals surface area contributed by atoms with Crippen molar-refractivity contribution in [2.45, 2.75) is 12.8 Å². The Labute approximate surface area is 160 Å². The fraction of sp³-hybridized carbons (Fsp3) is 0.0952. The van der Waals surface area contributed by atoms with Gasteiger partial charge in [0, 0.05) is 5.71 Å². The van der Waals surface area contributed by atoms with E-state index in [2.05, 4.69) is 5.32 Å². The Hall–Kier alpha value is -3.12. The van der Waals surface area contributed by atoms with Crippen LogP contribution in [-0.4, -0.2) is 17.5 Å². The Kier molecular flexibility index (Phi) is 4.64. The molecule has 1 unspecified atom stereocenters. The summed E-state index contributed by atoms with van der Waals surface area (Å²) in [5.41, 5.74) is 3.01. The molecule has 0 saturated carbocycles. The third-order valence-corrected chi connectivity index (χ3v) is 5.17. The van der Waals surface area contributed by atoms with Gasteiger partial charge in [-0.2, -0.15) is 0 Å². The number of halogens is 1. The molecule has 0 saturated heterocycles. The molecule has 1 aliphatic rings. The van der Waals surface area contributed by atoms with Crippen LogP contribution in [0.1, 0.15) is 28.1 Å². The number of hydrogen-bond acceptors (Lipinski definition) is 4. The molecule has 0 aliphatic carbocycles. The molecule has 27 heavy (non-hydrogen) atoms. The molecule has 134 valence electrons. The highest BCUT2D eigenvalue weighted by atomic mass is 32.1. The number of thiophene rings is 1. The van der Waals surface area contributed by atoms with Crippen LogP contribution in [0.5, 0.6) is 0 Å². The first kappa shape index (κ1) is 17.3. The standard InChI is InChI=1S/C21H16FN3OS/c1-13-19(14-8-10-15(22)11-9-14)20(25-21(26)18-7-4-12-27-18)24-17-6-3-2-5-16(17)23-13/h2-12,19H,1H3,(H,24,25,26). The summed E-state index contributed by atoms with van der Waals surface area (Å²) >= 11 is 1.36. The van der Waals surface area contributed by atoms with Crippen molar-refractivity contribution < 1.29 is 9.18 Å². The molecule has 0 bridgehead atoms. The predicted octanol–water partition coefficient (Wildman–Crippen LogP) is 5.24. The van der Waals surface area contributed by atoms with Crippen LogP contribution in [0.2, 0.25) is 0 Å². The van der Waals surface area contributed by atoms with Gasteiger partial charge in [0.1, 0.15) is 11.7 Å². The zero-order chi connectivity index (χ0) is 18.8. The number of nitrogens with zero attached hydrogens (tertiary/aromatic N) is 2. The van der Waals surface area contributed by atoms with Gasteiger partial charge in [0.05, 0.1) is 22.2 Å². The summed E-state index contributed by atoms with van der Waals surface area (Å²) in [6.45, 7) is 1.89. The van der Waals surface area contributed by atoms with Crippen LogP contribution in [0.4, 0.5) is 15.8 Å². The largest absolute Gasteiger partial charge is 0.309 e. The number of aliphatic imine (C=N–C) groups is 2. The van der Waals surface area contributed by atoms with Crippen LogP contribution >= 0.6 is 11.3 Å². The summed E-state index contributed by atoms with van der Waals surface area (Å²) in [4.78, 5) is 22.7. The molecule has 2 heterocycles. The lowest BCUT2D eigenvalue weighted by Crippen LogP contribution is -2.36. The van der Waals surface area contributed by atoms with Crippen LogP contribution in [0.25, 0.3) is 0 Å². The zero-order valence-corrected chi connectivity index (χ0v) is 15.3. The molecule has 4 nitrogen and oxygen atoms in total. The molecular formula is C21H16FN3OS. The van der Waals surface area contributed by atoms with Gasteiger partial charge >= 0.3 is 0 Å². The molecule has 1 aliphatic heterocycles. The summed E-state index contributed by atoms with van der Waals surface area (Å²) in [6, 6.07) is 17.3. The van der Waals surface area contributed by atoms with Crippen molar-refractivity contribution in [3.05, 3.63) is 82.3 Å². The summed E-state index contributed by atoms with van der Waals surface area (Å²) < 4.78 is 13.4. The molecule has 0 spiro atoms. The van der Waals surface area contributed by atoms with Crippen LogP contribution in [0, 0.1) is 5.82 Å². The van der Waals surface area contributed by atoms with Gasteiger partial charge in [-0.1, -0.05) is 30.3 Å². The quantitative estimate of drug-likeness (QED) is 0.653. The summed E-state index contributed by atoms with van der Waals surface area (Å²) in [7, 11) is 0. The number of amides is 1. The number of carbonyl (C=O) groups is 1. The zero-order valence-electron chi connectivity index (χ0n) is 14.5. The molecule has 6 heteroatoms. The van der Waals surface area contributed by atoms with Gasteiger partial charge in [-0.25, -0.2) is 9.38 Å². The average molecular weight is 377 g/mol. The van der Waals surface area contributed by atoms with Gasteiger partial charge in [-0.05, 0) is 48.2 Å². The van der Waals surface area contributed by atoms with Crippen molar-refractivity contribution in [2.75, 3.05) is 0 Å². The predicted molar refractivity (Wildman–Crippen MR) is 107 cm³/mol. The lowest BCUT2D eigenvalue weighted by Gasteiger charge is -2.19. The summed E-state index contributed by atoms with van der Waals surface area (Å²) in [5, 5.41) is 4.79. The third kappa shape index (κ3) is 3.57. The Balaban J connectivity index is 1.81. The highest BCUT2D eigenvalue weighted by molar-refractivity contribution is 7.12. The fourth-order valence-electron chi connectivity index (χ4n) is 3.04. The number of hydrogen-bond donors (Lipinski definition) is 1. The first-order chi connectivity index (χ1) is 13.1. The maximum atomic E-state index is 13.4. The number of fused-ring (bicyclic) bond motifs is 1. The van der Waals surface area contributed by atoms with Crippen molar-refractivity contribution in [3.63, 3.8) is 0 Å². The Bertz CT molecular complexity index is 1040. The second kappa shape index (κ2) is 7.25. The first-order valence-corrected chi connectivity index (χ1v) is 9.33. The molecule has 1 aromatic heterocycles. The minimum atomic E-state index is -0.373. The van der Waals surface area contributed by atoms with Crippen LogP contribution in [0.3, 0.4) is 0 Å². The summed E-state index contributed by atoms with van der Waals surface area (Å²) in [6.07, 6.45) is 0. The van der Waals surface area contributed by atoms with Crippen molar-refractivity contribution in [1.82, 2.24) is 5.32 Å². The minimum absolute atomic E-state index is 0.219. The maximum absolute atomic E-state index is 13.4. The number of carbonyl (C=O) groups excluding carboxylic acids is 1. The van der Waals surface area contributed by atoms with Gasteiger partial charge in [-0.15, -0.1) is 11.3 Å². The van der Waals surface area contributed by atoms with Crippen LogP contribution in [-0.2, 0) is 0 Å². The second-order valence-electron chi connectivity index (χ2n) is 6.15. The van der Waals surface area contributed by atoms with Gasteiger partial charge < -0.3 is 5.32 Å². The maximum Gasteiger partial charge on any atom is 0.266 e.